The van der Waals surface area contributed by atoms with E-state index in [-0.39, 0.29) is 11.7 Å². The number of furan rings is 1. The van der Waals surface area contributed by atoms with Gasteiger partial charge in [-0.25, -0.2) is 0 Å². The van der Waals surface area contributed by atoms with Crippen LogP contribution >= 0.6 is 11.3 Å². The number of amides is 2. The maximum absolute atomic E-state index is 13.0. The van der Waals surface area contributed by atoms with E-state index in [1.165, 1.54) is 27.8 Å². The fourth-order valence-electron chi connectivity index (χ4n) is 3.62. The van der Waals surface area contributed by atoms with Gasteiger partial charge in [-0.15, -0.1) is 11.3 Å². The Bertz CT molecular complexity index is 1100. The van der Waals surface area contributed by atoms with Gasteiger partial charge in [0, 0.05) is 21.7 Å². The summed E-state index contributed by atoms with van der Waals surface area (Å²) in [5, 5.41) is 3.01. The van der Waals surface area contributed by atoms with Crippen LogP contribution in [0.25, 0.3) is 11.3 Å². The lowest BCUT2D eigenvalue weighted by Crippen LogP contribution is -2.12. The zero-order valence-electron chi connectivity index (χ0n) is 16.3. The minimum Gasteiger partial charge on any atom is -0.495 e. The van der Waals surface area contributed by atoms with Gasteiger partial charge in [0.1, 0.15) is 16.4 Å². The number of benzene rings is 1. The summed E-state index contributed by atoms with van der Waals surface area (Å²) in [7, 11) is 1.62. The Morgan fingerprint density at radius 3 is 2.69 bits per heavy atom. The Kier molecular flexibility index (Phi) is 5.15. The lowest BCUT2D eigenvalue weighted by molar-refractivity contribution is 0.0973. The fourth-order valence-corrected chi connectivity index (χ4v) is 4.87. The molecule has 150 valence electrons. The summed E-state index contributed by atoms with van der Waals surface area (Å²) in [6.07, 6.45) is 4.23. The summed E-state index contributed by atoms with van der Waals surface area (Å²) in [6, 6.07) is 8.83. The van der Waals surface area contributed by atoms with Crippen LogP contribution in [0, 0.1) is 6.92 Å². The van der Waals surface area contributed by atoms with Crippen molar-refractivity contribution in [1.29, 1.82) is 0 Å². The molecule has 0 spiro atoms. The van der Waals surface area contributed by atoms with Crippen LogP contribution in [-0.4, -0.2) is 18.9 Å². The molecule has 0 saturated carbocycles. The lowest BCUT2D eigenvalue weighted by Gasteiger charge is -2.12. The van der Waals surface area contributed by atoms with E-state index in [0.717, 1.165) is 36.8 Å². The second kappa shape index (κ2) is 7.75. The van der Waals surface area contributed by atoms with E-state index in [1.54, 1.807) is 13.2 Å². The third-order valence-corrected chi connectivity index (χ3v) is 6.42. The highest BCUT2D eigenvalue weighted by Crippen LogP contribution is 2.40. The summed E-state index contributed by atoms with van der Waals surface area (Å²) < 4.78 is 11.1. The number of rotatable bonds is 5. The number of thiophene rings is 1. The second-order valence-corrected chi connectivity index (χ2v) is 8.19. The number of anilines is 1. The predicted molar refractivity (Wildman–Crippen MR) is 113 cm³/mol. The van der Waals surface area contributed by atoms with E-state index in [0.29, 0.717) is 22.1 Å². The number of nitrogens with one attached hydrogen (secondary N) is 1. The number of carbonyl (C=O) groups excluding carboxylic acids is 2. The molecule has 0 fully saturated rings. The molecule has 3 aromatic rings. The Morgan fingerprint density at radius 1 is 1.17 bits per heavy atom. The minimum atomic E-state index is -0.620. The summed E-state index contributed by atoms with van der Waals surface area (Å²) in [6.45, 7) is 1.92. The maximum atomic E-state index is 13.0. The largest absolute Gasteiger partial charge is 0.495 e. The Hall–Kier alpha value is -3.06. The zero-order chi connectivity index (χ0) is 20.5. The molecule has 0 atom stereocenters. The third kappa shape index (κ3) is 3.65. The van der Waals surface area contributed by atoms with Crippen molar-refractivity contribution in [2.24, 2.45) is 5.73 Å². The highest BCUT2D eigenvalue weighted by atomic mass is 32.1. The molecule has 0 aliphatic heterocycles. The molecule has 2 heterocycles. The van der Waals surface area contributed by atoms with Crippen molar-refractivity contribution >= 4 is 28.8 Å². The van der Waals surface area contributed by atoms with Crippen molar-refractivity contribution in [2.45, 2.75) is 32.6 Å². The van der Waals surface area contributed by atoms with Crippen molar-refractivity contribution in [1.82, 2.24) is 0 Å². The number of primary amides is 1. The molecule has 1 aliphatic carbocycles. The number of methoxy groups -OCH3 is 1. The van der Waals surface area contributed by atoms with Gasteiger partial charge in [-0.05, 0) is 56.4 Å². The smallest absolute Gasteiger partial charge is 0.284 e. The molecular weight excluding hydrogens is 388 g/mol. The van der Waals surface area contributed by atoms with Gasteiger partial charge in [0.25, 0.3) is 11.8 Å². The van der Waals surface area contributed by atoms with Gasteiger partial charge in [0.15, 0.2) is 5.76 Å². The Morgan fingerprint density at radius 2 is 1.97 bits per heavy atom. The van der Waals surface area contributed by atoms with Crippen LogP contribution in [0.1, 0.15) is 49.1 Å². The van der Waals surface area contributed by atoms with Crippen LogP contribution in [-0.2, 0) is 12.8 Å². The van der Waals surface area contributed by atoms with Gasteiger partial charge >= 0.3 is 0 Å². The van der Waals surface area contributed by atoms with Crippen molar-refractivity contribution < 1.29 is 18.7 Å². The van der Waals surface area contributed by atoms with E-state index in [1.807, 2.05) is 25.1 Å². The van der Waals surface area contributed by atoms with Gasteiger partial charge in [-0.2, -0.15) is 0 Å². The van der Waals surface area contributed by atoms with Crippen LogP contribution in [0.3, 0.4) is 0 Å². The van der Waals surface area contributed by atoms with Crippen LogP contribution in [0.4, 0.5) is 5.69 Å². The van der Waals surface area contributed by atoms with Crippen molar-refractivity contribution in [2.75, 3.05) is 12.4 Å². The average molecular weight is 410 g/mol. The molecule has 0 radical (unpaired) electrons. The number of ether oxygens (including phenoxy) is 1. The molecule has 1 aliphatic rings. The number of nitrogens with two attached hydrogens (primary N) is 1. The summed E-state index contributed by atoms with van der Waals surface area (Å²) in [5.41, 5.74) is 8.78. The quantitative estimate of drug-likeness (QED) is 0.645. The summed E-state index contributed by atoms with van der Waals surface area (Å²) >= 11 is 1.52. The van der Waals surface area contributed by atoms with Crippen LogP contribution in [0.5, 0.6) is 5.75 Å². The number of fused-ring (bicyclic) bond motifs is 1. The van der Waals surface area contributed by atoms with E-state index in [2.05, 4.69) is 5.32 Å². The molecule has 6 nitrogen and oxygen atoms in total. The normalized spacial score (nSPS) is 13.0. The van der Waals surface area contributed by atoms with Gasteiger partial charge in [0.2, 0.25) is 0 Å². The molecule has 29 heavy (non-hydrogen) atoms. The molecule has 7 heteroatoms. The van der Waals surface area contributed by atoms with E-state index in [4.69, 9.17) is 14.9 Å². The van der Waals surface area contributed by atoms with E-state index >= 15 is 0 Å². The molecular formula is C22H22N2O4S. The highest BCUT2D eigenvalue weighted by molar-refractivity contribution is 7.14. The Labute approximate surface area is 172 Å². The summed E-state index contributed by atoms with van der Waals surface area (Å²) in [5.74, 6) is 0.510. The number of hydrogen-bond donors (Lipinski definition) is 2. The number of aryl methyl sites for hydroxylation is 2. The topological polar surface area (TPSA) is 94.6 Å². The number of carbonyl (C=O) groups is 2. The third-order valence-electron chi connectivity index (χ3n) is 5.15. The lowest BCUT2D eigenvalue weighted by atomic mass is 9.98. The summed E-state index contributed by atoms with van der Waals surface area (Å²) in [4.78, 5) is 26.2. The molecule has 0 unspecified atom stereocenters. The van der Waals surface area contributed by atoms with Crippen molar-refractivity contribution in [3.05, 3.63) is 57.0 Å². The predicted octanol–water partition coefficient (Wildman–Crippen LogP) is 4.56. The van der Waals surface area contributed by atoms with E-state index < -0.39 is 5.91 Å². The molecule has 0 bridgehead atoms. The van der Waals surface area contributed by atoms with Crippen LogP contribution in [0.2, 0.25) is 0 Å². The monoisotopic (exact) mass is 410 g/mol. The van der Waals surface area contributed by atoms with Gasteiger partial charge in [-0.3, -0.25) is 9.59 Å². The Balaban J connectivity index is 1.63. The molecule has 2 amide bonds. The first-order valence-corrected chi connectivity index (χ1v) is 10.3. The van der Waals surface area contributed by atoms with E-state index in [9.17, 15) is 9.59 Å². The SMILES string of the molecule is COc1c(C(=O)Nc2cc(-c3ccc(C(N)=O)o3)ccc2C)sc2c1CCCC2. The first-order chi connectivity index (χ1) is 14.0. The molecule has 2 aromatic heterocycles. The van der Waals surface area contributed by atoms with Crippen LogP contribution < -0.4 is 15.8 Å². The minimum absolute atomic E-state index is 0.0973. The number of hydrogen-bond acceptors (Lipinski definition) is 5. The standard InChI is InChI=1S/C22H22N2O4S/c1-12-7-8-13(16-9-10-17(28-16)21(23)25)11-15(12)24-22(26)20-19(27-2)14-5-3-4-6-18(14)29-20/h7-11H,3-6H2,1-2H3,(H2,23,25)(H,24,26). The van der Waals surface area contributed by atoms with Gasteiger partial charge < -0.3 is 20.2 Å². The van der Waals surface area contributed by atoms with Crippen molar-refractivity contribution in [3.8, 4) is 17.1 Å². The molecule has 1 aromatic carbocycles. The fraction of sp³-hybridized carbons (Fsp3) is 0.273. The zero-order valence-corrected chi connectivity index (χ0v) is 17.2. The first-order valence-electron chi connectivity index (χ1n) is 9.48. The first kappa shape index (κ1) is 19.3. The molecule has 3 N–H and O–H groups in total. The maximum Gasteiger partial charge on any atom is 0.284 e. The second-order valence-electron chi connectivity index (χ2n) is 7.09. The van der Waals surface area contributed by atoms with Crippen molar-refractivity contribution in [3.63, 3.8) is 0 Å². The molecule has 0 saturated heterocycles. The highest BCUT2D eigenvalue weighted by Gasteiger charge is 2.25. The van der Waals surface area contributed by atoms with Gasteiger partial charge in [-0.1, -0.05) is 12.1 Å². The average Bonchev–Trinajstić information content (AvgIpc) is 3.34. The van der Waals surface area contributed by atoms with Gasteiger partial charge in [0.05, 0.1) is 7.11 Å². The van der Waals surface area contributed by atoms with Crippen LogP contribution in [0.15, 0.2) is 34.7 Å². The molecule has 4 rings (SSSR count).